The summed E-state index contributed by atoms with van der Waals surface area (Å²) in [6, 6.07) is 5.10. The maximum atomic E-state index is 13.5. The molecule has 0 saturated carbocycles. The van der Waals surface area contributed by atoms with Crippen molar-refractivity contribution < 1.29 is 13.6 Å². The number of rotatable bonds is 2. The standard InChI is InChI=1S/C11H4Br2F2OS/c12-6-4-7(14)5(3-8(6)15)11(16)9-1-2-10(13)17-9/h1-4H. The van der Waals surface area contributed by atoms with Crippen LogP contribution < -0.4 is 0 Å². The summed E-state index contributed by atoms with van der Waals surface area (Å²) in [5.41, 5.74) is -0.264. The molecule has 0 radical (unpaired) electrons. The fourth-order valence-corrected chi connectivity index (χ4v) is 2.92. The van der Waals surface area contributed by atoms with E-state index in [9.17, 15) is 13.6 Å². The molecule has 1 aromatic carbocycles. The predicted octanol–water partition coefficient (Wildman–Crippen LogP) is 4.78. The van der Waals surface area contributed by atoms with Crippen LogP contribution in [0.5, 0.6) is 0 Å². The van der Waals surface area contributed by atoms with Crippen molar-refractivity contribution in [3.63, 3.8) is 0 Å². The van der Waals surface area contributed by atoms with Crippen molar-refractivity contribution >= 4 is 49.0 Å². The average molecular weight is 382 g/mol. The van der Waals surface area contributed by atoms with Gasteiger partial charge in [0.05, 0.1) is 18.7 Å². The Balaban J connectivity index is 2.47. The Labute approximate surface area is 117 Å². The van der Waals surface area contributed by atoms with Gasteiger partial charge in [0, 0.05) is 0 Å². The number of hydrogen-bond donors (Lipinski definition) is 0. The monoisotopic (exact) mass is 380 g/mol. The van der Waals surface area contributed by atoms with Crippen molar-refractivity contribution in [2.75, 3.05) is 0 Å². The smallest absolute Gasteiger partial charge is 0.206 e. The molecule has 6 heteroatoms. The van der Waals surface area contributed by atoms with Crippen LogP contribution in [0.2, 0.25) is 0 Å². The van der Waals surface area contributed by atoms with Crippen molar-refractivity contribution in [2.24, 2.45) is 0 Å². The molecule has 0 fully saturated rings. The Hall–Kier alpha value is -0.590. The van der Waals surface area contributed by atoms with Gasteiger partial charge in [0.2, 0.25) is 5.78 Å². The summed E-state index contributed by atoms with van der Waals surface area (Å²) in [4.78, 5) is 12.3. The minimum Gasteiger partial charge on any atom is -0.288 e. The van der Waals surface area contributed by atoms with Gasteiger partial charge in [0.25, 0.3) is 0 Å². The van der Waals surface area contributed by atoms with Crippen molar-refractivity contribution in [1.29, 1.82) is 0 Å². The molecular weight excluding hydrogens is 378 g/mol. The first-order valence-electron chi connectivity index (χ1n) is 4.43. The molecule has 1 aromatic heterocycles. The van der Waals surface area contributed by atoms with Gasteiger partial charge in [-0.15, -0.1) is 11.3 Å². The van der Waals surface area contributed by atoms with Gasteiger partial charge < -0.3 is 0 Å². The summed E-state index contributed by atoms with van der Waals surface area (Å²) in [5.74, 6) is -1.93. The van der Waals surface area contributed by atoms with E-state index < -0.39 is 17.4 Å². The lowest BCUT2D eigenvalue weighted by atomic mass is 10.1. The third-order valence-corrected chi connectivity index (χ3v) is 4.28. The molecular formula is C11H4Br2F2OS. The van der Waals surface area contributed by atoms with E-state index >= 15 is 0 Å². The van der Waals surface area contributed by atoms with E-state index in [1.54, 1.807) is 12.1 Å². The number of carbonyl (C=O) groups excluding carboxylic acids is 1. The van der Waals surface area contributed by atoms with E-state index in [2.05, 4.69) is 31.9 Å². The molecule has 88 valence electrons. The van der Waals surface area contributed by atoms with Gasteiger partial charge in [-0.25, -0.2) is 8.78 Å². The van der Waals surface area contributed by atoms with Gasteiger partial charge in [0.15, 0.2) is 0 Å². The zero-order chi connectivity index (χ0) is 12.6. The largest absolute Gasteiger partial charge is 0.288 e. The Morgan fingerprint density at radius 1 is 1.12 bits per heavy atom. The molecule has 0 amide bonds. The summed E-state index contributed by atoms with van der Waals surface area (Å²) in [6.07, 6.45) is 0. The maximum Gasteiger partial charge on any atom is 0.206 e. The van der Waals surface area contributed by atoms with Crippen LogP contribution in [0.15, 0.2) is 32.5 Å². The van der Waals surface area contributed by atoms with Crippen LogP contribution >= 0.6 is 43.2 Å². The minimum atomic E-state index is -0.743. The molecule has 2 aromatic rings. The van der Waals surface area contributed by atoms with E-state index in [0.717, 1.165) is 15.9 Å². The summed E-state index contributed by atoms with van der Waals surface area (Å²) in [6.45, 7) is 0. The van der Waals surface area contributed by atoms with Crippen molar-refractivity contribution in [3.8, 4) is 0 Å². The topological polar surface area (TPSA) is 17.1 Å². The van der Waals surface area contributed by atoms with Crippen LogP contribution in [0.4, 0.5) is 8.78 Å². The molecule has 1 nitrogen and oxygen atoms in total. The Kier molecular flexibility index (Phi) is 3.75. The van der Waals surface area contributed by atoms with Gasteiger partial charge >= 0.3 is 0 Å². The van der Waals surface area contributed by atoms with E-state index in [4.69, 9.17) is 0 Å². The number of hydrogen-bond acceptors (Lipinski definition) is 2. The fraction of sp³-hybridized carbons (Fsp3) is 0. The second-order valence-electron chi connectivity index (χ2n) is 3.18. The highest BCUT2D eigenvalue weighted by atomic mass is 79.9. The van der Waals surface area contributed by atoms with Crippen LogP contribution in [0.25, 0.3) is 0 Å². The molecule has 0 aliphatic heterocycles. The lowest BCUT2D eigenvalue weighted by Crippen LogP contribution is -2.03. The van der Waals surface area contributed by atoms with Gasteiger partial charge in [-0.3, -0.25) is 4.79 Å². The highest BCUT2D eigenvalue weighted by Gasteiger charge is 2.18. The Morgan fingerprint density at radius 3 is 2.41 bits per heavy atom. The molecule has 1 heterocycles. The first kappa shape index (κ1) is 12.9. The molecule has 0 bridgehead atoms. The second-order valence-corrected chi connectivity index (χ2v) is 6.50. The van der Waals surface area contributed by atoms with Gasteiger partial charge in [-0.2, -0.15) is 0 Å². The first-order chi connectivity index (χ1) is 7.99. The van der Waals surface area contributed by atoms with Crippen molar-refractivity contribution in [2.45, 2.75) is 0 Å². The number of carbonyl (C=O) groups is 1. The summed E-state index contributed by atoms with van der Waals surface area (Å²) >= 11 is 7.24. The SMILES string of the molecule is O=C(c1ccc(Br)s1)c1cc(F)c(Br)cc1F. The molecule has 0 spiro atoms. The summed E-state index contributed by atoms with van der Waals surface area (Å²) in [5, 5.41) is 0. The number of thiophene rings is 1. The molecule has 0 N–H and O–H groups in total. The third kappa shape index (κ3) is 2.64. The first-order valence-corrected chi connectivity index (χ1v) is 6.84. The third-order valence-electron chi connectivity index (χ3n) is 2.05. The van der Waals surface area contributed by atoms with Crippen LogP contribution in [-0.2, 0) is 0 Å². The fourth-order valence-electron chi connectivity index (χ4n) is 1.27. The molecule has 0 atom stereocenters. The quantitative estimate of drug-likeness (QED) is 0.540. The molecule has 2 rings (SSSR count). The number of benzene rings is 1. The molecule has 0 saturated heterocycles. The maximum absolute atomic E-state index is 13.5. The summed E-state index contributed by atoms with van der Waals surface area (Å²) in [7, 11) is 0. The second kappa shape index (κ2) is 4.96. The molecule has 0 aliphatic rings. The Morgan fingerprint density at radius 2 is 1.82 bits per heavy atom. The van der Waals surface area contributed by atoms with Crippen LogP contribution in [0.1, 0.15) is 15.2 Å². The zero-order valence-electron chi connectivity index (χ0n) is 8.14. The molecule has 17 heavy (non-hydrogen) atoms. The molecule has 0 unspecified atom stereocenters. The van der Waals surface area contributed by atoms with E-state index in [1.165, 1.54) is 11.3 Å². The van der Waals surface area contributed by atoms with E-state index in [-0.39, 0.29) is 10.0 Å². The highest BCUT2D eigenvalue weighted by Crippen LogP contribution is 2.27. The lowest BCUT2D eigenvalue weighted by molar-refractivity contribution is 0.103. The minimum absolute atomic E-state index is 0.00101. The normalized spacial score (nSPS) is 10.6. The Bertz CT molecular complexity index is 595. The predicted molar refractivity (Wildman–Crippen MR) is 69.5 cm³/mol. The lowest BCUT2D eigenvalue weighted by Gasteiger charge is -2.02. The molecule has 0 aliphatic carbocycles. The van der Waals surface area contributed by atoms with Crippen LogP contribution in [-0.4, -0.2) is 5.78 Å². The highest BCUT2D eigenvalue weighted by molar-refractivity contribution is 9.11. The average Bonchev–Trinajstić information content (AvgIpc) is 2.69. The zero-order valence-corrected chi connectivity index (χ0v) is 12.1. The van der Waals surface area contributed by atoms with E-state index in [0.29, 0.717) is 4.88 Å². The van der Waals surface area contributed by atoms with Crippen molar-refractivity contribution in [1.82, 2.24) is 0 Å². The van der Waals surface area contributed by atoms with Crippen molar-refractivity contribution in [3.05, 3.63) is 54.6 Å². The van der Waals surface area contributed by atoms with Crippen LogP contribution in [0.3, 0.4) is 0 Å². The summed E-state index contributed by atoms with van der Waals surface area (Å²) < 4.78 is 27.6. The number of ketones is 1. The van der Waals surface area contributed by atoms with Gasteiger partial charge in [-0.05, 0) is 56.1 Å². The van der Waals surface area contributed by atoms with E-state index in [1.807, 2.05) is 0 Å². The van der Waals surface area contributed by atoms with Crippen LogP contribution in [0, 0.1) is 11.6 Å². The number of halogens is 4. The van der Waals surface area contributed by atoms with Gasteiger partial charge in [-0.1, -0.05) is 0 Å². The van der Waals surface area contributed by atoms with Gasteiger partial charge in [0.1, 0.15) is 11.6 Å².